The van der Waals surface area contributed by atoms with Crippen molar-refractivity contribution < 1.29 is 5.11 Å². The van der Waals surface area contributed by atoms with Crippen molar-refractivity contribution in [2.24, 2.45) is 0 Å². The third-order valence-corrected chi connectivity index (χ3v) is 1.42. The standard InChI is InChI=1S/C7H12N3O3/c1-7(2,11)5-9-4-3-6(8-9)10(12)13/h3-4,8,11H,5H2,1-2H3/q-1. The fourth-order valence-electron chi connectivity index (χ4n) is 0.993. The van der Waals surface area contributed by atoms with E-state index in [1.807, 2.05) is 0 Å². The van der Waals surface area contributed by atoms with E-state index >= 15 is 0 Å². The fourth-order valence-corrected chi connectivity index (χ4v) is 0.993. The van der Waals surface area contributed by atoms with Gasteiger partial charge in [0.15, 0.2) is 0 Å². The summed E-state index contributed by atoms with van der Waals surface area (Å²) in [6.45, 7) is 3.56. The first kappa shape index (κ1) is 9.66. The van der Waals surface area contributed by atoms with Crippen LogP contribution in [0.3, 0.4) is 0 Å². The van der Waals surface area contributed by atoms with Crippen LogP contribution in [0.2, 0.25) is 0 Å². The van der Waals surface area contributed by atoms with Gasteiger partial charge in [0.1, 0.15) is 0 Å². The van der Waals surface area contributed by atoms with Gasteiger partial charge >= 0.3 is 5.49 Å². The van der Waals surface area contributed by atoms with E-state index in [1.165, 1.54) is 16.9 Å². The first-order valence-corrected chi connectivity index (χ1v) is 3.84. The monoisotopic (exact) mass is 186 g/mol. The van der Waals surface area contributed by atoms with Gasteiger partial charge in [0.05, 0.1) is 12.1 Å². The number of H-pyrrole nitrogens is 1. The third-order valence-electron chi connectivity index (χ3n) is 1.42. The van der Waals surface area contributed by atoms with Gasteiger partial charge in [0.25, 0.3) is 0 Å². The molecule has 6 heteroatoms. The molecule has 0 aliphatic rings. The molecule has 0 bridgehead atoms. The zero-order chi connectivity index (χ0) is 10.1. The zero-order valence-electron chi connectivity index (χ0n) is 7.52. The van der Waals surface area contributed by atoms with E-state index in [0.29, 0.717) is 6.54 Å². The number of nitrogens with one attached hydrogen (secondary N) is 1. The Bertz CT molecular complexity index is 340. The maximum atomic E-state index is 10.3. The smallest absolute Gasteiger partial charge is 0.300 e. The van der Waals surface area contributed by atoms with Gasteiger partial charge < -0.3 is 15.5 Å². The van der Waals surface area contributed by atoms with Gasteiger partial charge in [-0.3, -0.25) is 4.90 Å². The summed E-state index contributed by atoms with van der Waals surface area (Å²) in [6.07, 6.45) is 1.52. The summed E-state index contributed by atoms with van der Waals surface area (Å²) < 4.78 is 1.47. The van der Waals surface area contributed by atoms with Crippen LogP contribution >= 0.6 is 0 Å². The Hall–Kier alpha value is -1.43. The molecule has 1 rings (SSSR count). The lowest BCUT2D eigenvalue weighted by atomic mass is 10.1. The largest absolute Gasteiger partial charge is 0.712 e. The van der Waals surface area contributed by atoms with E-state index in [-0.39, 0.29) is 5.49 Å². The molecule has 0 amide bonds. The molecule has 0 aromatic carbocycles. The minimum absolute atomic E-state index is 0.0794. The zero-order valence-corrected chi connectivity index (χ0v) is 7.52. The first-order valence-electron chi connectivity index (χ1n) is 3.84. The van der Waals surface area contributed by atoms with E-state index in [9.17, 15) is 15.5 Å². The van der Waals surface area contributed by atoms with E-state index in [1.54, 1.807) is 13.8 Å². The van der Waals surface area contributed by atoms with E-state index in [0.717, 1.165) is 0 Å². The van der Waals surface area contributed by atoms with Crippen LogP contribution in [0.5, 0.6) is 0 Å². The van der Waals surface area contributed by atoms with Crippen molar-refractivity contribution in [3.05, 3.63) is 28.2 Å². The van der Waals surface area contributed by atoms with Crippen LogP contribution in [0.1, 0.15) is 13.8 Å². The predicted octanol–water partition coefficient (Wildman–Crippen LogP) is -0.645. The predicted molar refractivity (Wildman–Crippen MR) is 47.1 cm³/mol. The molecule has 0 aliphatic heterocycles. The molecule has 0 saturated heterocycles. The van der Waals surface area contributed by atoms with Crippen molar-refractivity contribution in [3.63, 3.8) is 0 Å². The summed E-state index contributed by atoms with van der Waals surface area (Å²) in [6, 6.07) is 1.35. The molecule has 1 aromatic heterocycles. The molecule has 13 heavy (non-hydrogen) atoms. The molecule has 2 N–H and O–H groups in total. The molecule has 0 spiro atoms. The normalized spacial score (nSPS) is 11.6. The summed E-state index contributed by atoms with van der Waals surface area (Å²) in [5.74, 6) is 0. The minimum Gasteiger partial charge on any atom is -0.712 e. The number of aliphatic hydroxyl groups is 1. The van der Waals surface area contributed by atoms with E-state index < -0.39 is 10.5 Å². The molecule has 1 aromatic rings. The lowest BCUT2D eigenvalue weighted by Gasteiger charge is -2.15. The van der Waals surface area contributed by atoms with Crippen molar-refractivity contribution >= 4 is 0 Å². The maximum Gasteiger partial charge on any atom is 0.300 e. The summed E-state index contributed by atoms with van der Waals surface area (Å²) in [5.41, 5.74) is -0.965. The van der Waals surface area contributed by atoms with Crippen molar-refractivity contribution in [1.29, 1.82) is 0 Å². The summed E-state index contributed by atoms with van der Waals surface area (Å²) in [7, 11) is 0. The molecule has 0 aliphatic carbocycles. The average molecular weight is 186 g/mol. The van der Waals surface area contributed by atoms with Gasteiger partial charge in [-0.2, -0.15) is 5.10 Å². The number of aromatic amines is 1. The van der Waals surface area contributed by atoms with E-state index in [4.69, 9.17) is 0 Å². The Morgan fingerprint density at radius 3 is 2.62 bits per heavy atom. The van der Waals surface area contributed by atoms with Gasteiger partial charge in [0.2, 0.25) is 0 Å². The van der Waals surface area contributed by atoms with Crippen molar-refractivity contribution in [1.82, 2.24) is 14.7 Å². The molecule has 0 saturated carbocycles. The fraction of sp³-hybridized carbons (Fsp3) is 0.571. The molecule has 0 fully saturated rings. The van der Waals surface area contributed by atoms with Crippen molar-refractivity contribution in [3.8, 4) is 0 Å². The summed E-state index contributed by atoms with van der Waals surface area (Å²) in [4.78, 5) is -0.513. The number of rotatable bonds is 2. The van der Waals surface area contributed by atoms with E-state index in [2.05, 4.69) is 5.10 Å². The quantitative estimate of drug-likeness (QED) is 0.601. The number of aromatic nitrogens is 2. The third kappa shape index (κ3) is 2.83. The van der Waals surface area contributed by atoms with Crippen LogP contribution < -0.4 is 10.4 Å². The molecule has 74 valence electrons. The van der Waals surface area contributed by atoms with Gasteiger partial charge in [-0.1, -0.05) is 0 Å². The maximum absolute atomic E-state index is 10.3. The molecule has 6 nitrogen and oxygen atoms in total. The average Bonchev–Trinajstić information content (AvgIpc) is 2.31. The van der Waals surface area contributed by atoms with Crippen molar-refractivity contribution in [2.45, 2.75) is 26.0 Å². The molecule has 0 unspecified atom stereocenters. The Labute approximate surface area is 74.9 Å². The number of hydrogen-bond acceptors (Lipinski definition) is 3. The summed E-state index contributed by atoms with van der Waals surface area (Å²) in [5, 5.41) is 32.5. The molecular formula is C7H12N3O3-. The topological polar surface area (TPSA) is 90.1 Å². The SMILES string of the molecule is CC(C)(O)Cn1ccc(=[N+]([O-])[O-])[nH]1. The highest BCUT2D eigenvalue weighted by molar-refractivity contribution is 4.83. The second kappa shape index (κ2) is 3.14. The lowest BCUT2D eigenvalue weighted by molar-refractivity contribution is 0.0575. The molecule has 0 radical (unpaired) electrons. The summed E-state index contributed by atoms with van der Waals surface area (Å²) >= 11 is 0. The Kier molecular flexibility index (Phi) is 2.33. The van der Waals surface area contributed by atoms with Gasteiger partial charge in [-0.25, -0.2) is 4.68 Å². The second-order valence-electron chi connectivity index (χ2n) is 3.51. The molecular weight excluding hydrogens is 174 g/mol. The number of nitrogens with zero attached hydrogens (tertiary/aromatic N) is 2. The van der Waals surface area contributed by atoms with Crippen LogP contribution in [-0.4, -0.2) is 20.5 Å². The second-order valence-corrected chi connectivity index (χ2v) is 3.51. The van der Waals surface area contributed by atoms with Gasteiger partial charge in [-0.15, -0.1) is 0 Å². The molecule has 1 heterocycles. The van der Waals surface area contributed by atoms with Gasteiger partial charge in [-0.05, 0) is 13.8 Å². The van der Waals surface area contributed by atoms with Crippen LogP contribution in [0.4, 0.5) is 0 Å². The highest BCUT2D eigenvalue weighted by Gasteiger charge is 2.14. The highest BCUT2D eigenvalue weighted by Crippen LogP contribution is 2.02. The van der Waals surface area contributed by atoms with Crippen LogP contribution in [0, 0.1) is 10.4 Å². The van der Waals surface area contributed by atoms with Crippen molar-refractivity contribution in [2.75, 3.05) is 0 Å². The lowest BCUT2D eigenvalue weighted by Crippen LogP contribution is -2.28. The first-order chi connectivity index (χ1) is 5.88. The Morgan fingerprint density at radius 1 is 1.62 bits per heavy atom. The van der Waals surface area contributed by atoms with Crippen LogP contribution in [0.15, 0.2) is 12.3 Å². The van der Waals surface area contributed by atoms with Crippen LogP contribution in [0.25, 0.3) is 0 Å². The van der Waals surface area contributed by atoms with Gasteiger partial charge in [0, 0.05) is 12.3 Å². The van der Waals surface area contributed by atoms with Crippen LogP contribution in [-0.2, 0) is 6.54 Å². The highest BCUT2D eigenvalue weighted by atomic mass is 16.8. The Balaban J connectivity index is 2.88. The minimum atomic E-state index is -0.886. The number of hydrogen-bond donors (Lipinski definition) is 2. The molecule has 0 atom stereocenters. The Morgan fingerprint density at radius 2 is 2.23 bits per heavy atom.